The van der Waals surface area contributed by atoms with Crippen LogP contribution >= 0.6 is 11.3 Å². The fourth-order valence-corrected chi connectivity index (χ4v) is 1.88. The molecular weight excluding hydrogens is 216 g/mol. The number of anilines is 1. The van der Waals surface area contributed by atoms with Gasteiger partial charge in [-0.15, -0.1) is 11.3 Å². The average molecular weight is 224 g/mol. The van der Waals surface area contributed by atoms with E-state index in [2.05, 4.69) is 4.74 Å². The first-order valence-electron chi connectivity index (χ1n) is 3.99. The van der Waals surface area contributed by atoms with Crippen molar-refractivity contribution >= 4 is 28.7 Å². The molecule has 15 heavy (non-hydrogen) atoms. The number of nitriles is 1. The summed E-state index contributed by atoms with van der Waals surface area (Å²) in [4.78, 5) is 23.1. The average Bonchev–Trinajstić information content (AvgIpc) is 2.73. The van der Waals surface area contributed by atoms with Gasteiger partial charge in [-0.3, -0.25) is 9.69 Å². The fraction of sp³-hybridized carbons (Fsp3) is 0.222. The molecule has 1 aromatic rings. The van der Waals surface area contributed by atoms with Gasteiger partial charge in [0.25, 0.3) is 0 Å². The Morgan fingerprint density at radius 3 is 3.07 bits per heavy atom. The van der Waals surface area contributed by atoms with Gasteiger partial charge < -0.3 is 4.74 Å². The SMILES string of the molecule is COC(=O)c1ccsc1N(C=O)CC#N. The molecule has 0 radical (unpaired) electrons. The molecule has 0 aromatic carbocycles. The first-order valence-corrected chi connectivity index (χ1v) is 4.87. The van der Waals surface area contributed by atoms with Crippen LogP contribution in [0.1, 0.15) is 10.4 Å². The Labute approximate surface area is 90.5 Å². The smallest absolute Gasteiger partial charge is 0.340 e. The van der Waals surface area contributed by atoms with Gasteiger partial charge in [0.05, 0.1) is 18.7 Å². The first-order chi connectivity index (χ1) is 7.24. The number of hydrogen-bond acceptors (Lipinski definition) is 5. The van der Waals surface area contributed by atoms with Crippen molar-refractivity contribution < 1.29 is 14.3 Å². The normalized spacial score (nSPS) is 9.07. The van der Waals surface area contributed by atoms with Gasteiger partial charge in [0.15, 0.2) is 0 Å². The van der Waals surface area contributed by atoms with E-state index in [9.17, 15) is 9.59 Å². The highest BCUT2D eigenvalue weighted by molar-refractivity contribution is 7.14. The van der Waals surface area contributed by atoms with E-state index in [1.165, 1.54) is 18.4 Å². The van der Waals surface area contributed by atoms with Crippen molar-refractivity contribution in [3.05, 3.63) is 17.0 Å². The van der Waals surface area contributed by atoms with Gasteiger partial charge >= 0.3 is 5.97 Å². The molecule has 1 heterocycles. The van der Waals surface area contributed by atoms with Crippen molar-refractivity contribution in [1.82, 2.24) is 0 Å². The summed E-state index contributed by atoms with van der Waals surface area (Å²) in [6.07, 6.45) is 0.515. The van der Waals surface area contributed by atoms with Crippen LogP contribution < -0.4 is 4.90 Å². The summed E-state index contributed by atoms with van der Waals surface area (Å²) in [6.45, 7) is -0.0893. The van der Waals surface area contributed by atoms with E-state index in [1.807, 2.05) is 6.07 Å². The van der Waals surface area contributed by atoms with E-state index >= 15 is 0 Å². The van der Waals surface area contributed by atoms with Crippen molar-refractivity contribution in [3.8, 4) is 6.07 Å². The maximum atomic E-state index is 11.3. The molecule has 5 nitrogen and oxygen atoms in total. The first kappa shape index (κ1) is 11.2. The molecule has 0 saturated carbocycles. The van der Waals surface area contributed by atoms with Gasteiger partial charge in [-0.05, 0) is 11.4 Å². The summed E-state index contributed by atoms with van der Waals surface area (Å²) in [5, 5.41) is 10.6. The Balaban J connectivity index is 3.03. The molecule has 1 aromatic heterocycles. The number of carbonyl (C=O) groups is 2. The van der Waals surface area contributed by atoms with Gasteiger partial charge in [-0.25, -0.2) is 4.79 Å². The van der Waals surface area contributed by atoms with E-state index in [-0.39, 0.29) is 6.54 Å². The lowest BCUT2D eigenvalue weighted by Gasteiger charge is -2.12. The van der Waals surface area contributed by atoms with Crippen LogP contribution in [0.2, 0.25) is 0 Å². The maximum absolute atomic E-state index is 11.3. The maximum Gasteiger partial charge on any atom is 0.340 e. The number of rotatable bonds is 4. The van der Waals surface area contributed by atoms with Gasteiger partial charge in [-0.2, -0.15) is 5.26 Å². The number of thiophene rings is 1. The summed E-state index contributed by atoms with van der Waals surface area (Å²) in [5.41, 5.74) is 0.296. The molecule has 0 aliphatic carbocycles. The third-order valence-electron chi connectivity index (χ3n) is 1.68. The molecule has 1 rings (SSSR count). The van der Waals surface area contributed by atoms with Crippen molar-refractivity contribution in [1.29, 1.82) is 5.26 Å². The molecule has 0 unspecified atom stereocenters. The van der Waals surface area contributed by atoms with E-state index in [1.54, 1.807) is 11.4 Å². The minimum atomic E-state index is -0.518. The van der Waals surface area contributed by atoms with Gasteiger partial charge in [-0.1, -0.05) is 0 Å². The third kappa shape index (κ3) is 2.33. The molecule has 0 aliphatic rings. The number of ether oxygens (including phenoxy) is 1. The van der Waals surface area contributed by atoms with E-state index in [0.717, 1.165) is 4.90 Å². The molecule has 0 atom stereocenters. The Morgan fingerprint density at radius 2 is 2.53 bits per heavy atom. The number of nitrogens with zero attached hydrogens (tertiary/aromatic N) is 2. The summed E-state index contributed by atoms with van der Waals surface area (Å²) in [7, 11) is 1.26. The highest BCUT2D eigenvalue weighted by atomic mass is 32.1. The lowest BCUT2D eigenvalue weighted by Crippen LogP contribution is -2.22. The standard InChI is InChI=1S/C9H8N2O3S/c1-14-9(13)7-2-5-15-8(7)11(6-12)4-3-10/h2,5-6H,4H2,1H3. The summed E-state index contributed by atoms with van der Waals surface area (Å²) < 4.78 is 4.55. The van der Waals surface area contributed by atoms with Crippen molar-refractivity contribution in [2.75, 3.05) is 18.6 Å². The summed E-state index contributed by atoms with van der Waals surface area (Å²) in [5.74, 6) is -0.518. The van der Waals surface area contributed by atoms with E-state index in [0.29, 0.717) is 17.0 Å². The van der Waals surface area contributed by atoms with Gasteiger partial charge in [0, 0.05) is 0 Å². The van der Waals surface area contributed by atoms with Crippen molar-refractivity contribution in [2.24, 2.45) is 0 Å². The highest BCUT2D eigenvalue weighted by Gasteiger charge is 2.17. The van der Waals surface area contributed by atoms with Crippen LogP contribution in [0.4, 0.5) is 5.00 Å². The van der Waals surface area contributed by atoms with E-state index < -0.39 is 5.97 Å². The Hall–Kier alpha value is -1.87. The van der Waals surface area contributed by atoms with Crippen LogP contribution in [-0.2, 0) is 9.53 Å². The molecule has 6 heteroatoms. The van der Waals surface area contributed by atoms with Crippen molar-refractivity contribution in [3.63, 3.8) is 0 Å². The second-order valence-electron chi connectivity index (χ2n) is 2.52. The number of amides is 1. The number of hydrogen-bond donors (Lipinski definition) is 0. The number of methoxy groups -OCH3 is 1. The molecule has 0 saturated heterocycles. The topological polar surface area (TPSA) is 70.4 Å². The predicted octanol–water partition coefficient (Wildman–Crippen LogP) is 1.02. The molecule has 0 aliphatic heterocycles. The molecule has 78 valence electrons. The minimum absolute atomic E-state index is 0.0893. The molecule has 0 N–H and O–H groups in total. The van der Waals surface area contributed by atoms with Crippen LogP contribution in [0, 0.1) is 11.3 Å². The minimum Gasteiger partial charge on any atom is -0.465 e. The van der Waals surface area contributed by atoms with Gasteiger partial charge in [0.1, 0.15) is 11.5 Å². The second kappa shape index (κ2) is 5.12. The largest absolute Gasteiger partial charge is 0.465 e. The Morgan fingerprint density at radius 1 is 1.80 bits per heavy atom. The second-order valence-corrected chi connectivity index (χ2v) is 3.42. The van der Waals surface area contributed by atoms with Crippen LogP contribution in [-0.4, -0.2) is 26.0 Å². The van der Waals surface area contributed by atoms with Gasteiger partial charge in [0.2, 0.25) is 6.41 Å². The fourth-order valence-electron chi connectivity index (χ4n) is 1.02. The van der Waals surface area contributed by atoms with Crippen LogP contribution in [0.3, 0.4) is 0 Å². The zero-order valence-corrected chi connectivity index (χ0v) is 8.78. The lowest BCUT2D eigenvalue weighted by molar-refractivity contribution is -0.107. The molecule has 1 amide bonds. The van der Waals surface area contributed by atoms with Crippen molar-refractivity contribution in [2.45, 2.75) is 0 Å². The quantitative estimate of drug-likeness (QED) is 0.435. The van der Waals surface area contributed by atoms with Crippen LogP contribution in [0.5, 0.6) is 0 Å². The molecule has 0 bridgehead atoms. The highest BCUT2D eigenvalue weighted by Crippen LogP contribution is 2.27. The van der Waals surface area contributed by atoms with Crippen LogP contribution in [0.15, 0.2) is 11.4 Å². The number of esters is 1. The molecular formula is C9H8N2O3S. The molecule has 0 fully saturated rings. The number of carbonyl (C=O) groups excluding carboxylic acids is 2. The molecule has 0 spiro atoms. The van der Waals surface area contributed by atoms with E-state index in [4.69, 9.17) is 5.26 Å². The summed E-state index contributed by atoms with van der Waals surface area (Å²) in [6, 6.07) is 3.40. The summed E-state index contributed by atoms with van der Waals surface area (Å²) >= 11 is 1.21. The monoisotopic (exact) mass is 224 g/mol. The Bertz CT molecular complexity index is 408. The lowest BCUT2D eigenvalue weighted by atomic mass is 10.3. The predicted molar refractivity (Wildman–Crippen MR) is 54.7 cm³/mol. The zero-order chi connectivity index (χ0) is 11.3. The van der Waals surface area contributed by atoms with Crippen LogP contribution in [0.25, 0.3) is 0 Å². The third-order valence-corrected chi connectivity index (χ3v) is 2.63. The zero-order valence-electron chi connectivity index (χ0n) is 7.97. The Kier molecular flexibility index (Phi) is 3.83.